The lowest BCUT2D eigenvalue weighted by Gasteiger charge is -2.46. The molecule has 37 heavy (non-hydrogen) atoms. The van der Waals surface area contributed by atoms with Gasteiger partial charge in [-0.15, -0.1) is 0 Å². The van der Waals surface area contributed by atoms with Gasteiger partial charge in [0.15, 0.2) is 12.6 Å². The minimum Gasteiger partial charge on any atom is -0.394 e. The van der Waals surface area contributed by atoms with Gasteiger partial charge < -0.3 is 65.1 Å². The molecule has 14 heteroatoms. The molecule has 12 atom stereocenters. The zero-order valence-corrected chi connectivity index (χ0v) is 21.2. The van der Waals surface area contributed by atoms with E-state index in [0.29, 0.717) is 6.42 Å². The van der Waals surface area contributed by atoms with Crippen LogP contribution < -0.4 is 5.32 Å². The molecule has 2 aliphatic rings. The predicted molar refractivity (Wildman–Crippen MR) is 125 cm³/mol. The van der Waals surface area contributed by atoms with Crippen LogP contribution in [-0.4, -0.2) is 140 Å². The molecule has 0 aromatic rings. The van der Waals surface area contributed by atoms with Crippen molar-refractivity contribution >= 4 is 5.91 Å². The number of nitrogens with one attached hydrogen (secondary N) is 1. The van der Waals surface area contributed by atoms with Gasteiger partial charge in [-0.25, -0.2) is 0 Å². The molecule has 1 amide bonds. The van der Waals surface area contributed by atoms with Gasteiger partial charge in [-0.2, -0.15) is 0 Å². The molecular weight excluding hydrogens is 498 g/mol. The number of unbranched alkanes of at least 4 members (excludes halogenated alkanes) is 2. The monoisotopic (exact) mass is 541 g/mol. The largest absolute Gasteiger partial charge is 0.394 e. The summed E-state index contributed by atoms with van der Waals surface area (Å²) in [6, 6.07) is -0.812. The van der Waals surface area contributed by atoms with Crippen LogP contribution in [0.15, 0.2) is 0 Å². The van der Waals surface area contributed by atoms with Gasteiger partial charge in [0.1, 0.15) is 48.8 Å². The van der Waals surface area contributed by atoms with E-state index in [-0.39, 0.29) is 18.9 Å². The molecule has 0 bridgehead atoms. The molecule has 0 aromatic carbocycles. The Morgan fingerprint density at radius 1 is 0.865 bits per heavy atom. The van der Waals surface area contributed by atoms with Crippen molar-refractivity contribution < 1.29 is 64.6 Å². The highest BCUT2D eigenvalue weighted by Crippen LogP contribution is 2.29. The van der Waals surface area contributed by atoms with Crippen molar-refractivity contribution in [1.82, 2.24) is 5.32 Å². The molecule has 9 N–H and O–H groups in total. The van der Waals surface area contributed by atoms with Gasteiger partial charge in [-0.05, 0) is 6.42 Å². The molecule has 2 rings (SSSR count). The highest BCUT2D eigenvalue weighted by Gasteiger charge is 2.50. The van der Waals surface area contributed by atoms with Gasteiger partial charge >= 0.3 is 0 Å². The third-order valence-corrected chi connectivity index (χ3v) is 6.64. The fourth-order valence-electron chi connectivity index (χ4n) is 4.25. The van der Waals surface area contributed by atoms with Crippen molar-refractivity contribution in [2.75, 3.05) is 19.8 Å². The maximum absolute atomic E-state index is 11.9. The van der Waals surface area contributed by atoms with E-state index in [4.69, 9.17) is 18.9 Å². The molecule has 2 fully saturated rings. The maximum Gasteiger partial charge on any atom is 0.220 e. The Bertz CT molecular complexity index is 669. The minimum absolute atomic E-state index is 0.184. The van der Waals surface area contributed by atoms with Crippen LogP contribution in [0.2, 0.25) is 0 Å². The molecule has 0 spiro atoms. The van der Waals surface area contributed by atoms with Crippen molar-refractivity contribution in [2.45, 2.75) is 120 Å². The fourth-order valence-corrected chi connectivity index (χ4v) is 4.25. The molecule has 2 saturated heterocycles. The summed E-state index contributed by atoms with van der Waals surface area (Å²) < 4.78 is 21.9. The Morgan fingerprint density at radius 3 is 2.08 bits per heavy atom. The summed E-state index contributed by atoms with van der Waals surface area (Å²) in [7, 11) is 0. The van der Waals surface area contributed by atoms with Gasteiger partial charge in [0, 0.05) is 6.42 Å². The van der Waals surface area contributed by atoms with Crippen LogP contribution in [0, 0.1) is 0 Å². The number of ether oxygens (including phenoxy) is 4. The lowest BCUT2D eigenvalue weighted by atomic mass is 9.97. The first kappa shape index (κ1) is 32.2. The number of amides is 1. The molecule has 0 aliphatic carbocycles. The van der Waals surface area contributed by atoms with E-state index in [0.717, 1.165) is 19.3 Å². The van der Waals surface area contributed by atoms with Gasteiger partial charge in [-0.1, -0.05) is 33.1 Å². The van der Waals surface area contributed by atoms with Crippen LogP contribution in [0.4, 0.5) is 0 Å². The second-order valence-electron chi connectivity index (χ2n) is 9.43. The standard InChI is InChI=1S/C23H43NO13/c1-3-5-6-7-12(27)11(24-15(28)4-2)10-34-22-20(33)18(31)21(14(9-26)36-22)37-23-19(32)17(30)16(29)13(8-25)35-23/h11-14,16-23,25-27,29-33H,3-10H2,1-2H3,(H,24,28). The highest BCUT2D eigenvalue weighted by molar-refractivity contribution is 5.75. The number of aliphatic hydroxyl groups is 8. The van der Waals surface area contributed by atoms with E-state index in [9.17, 15) is 45.6 Å². The van der Waals surface area contributed by atoms with E-state index >= 15 is 0 Å². The summed E-state index contributed by atoms with van der Waals surface area (Å²) in [6.07, 6.45) is -13.4. The number of aliphatic hydroxyl groups excluding tert-OH is 8. The Balaban J connectivity index is 2.05. The Hall–Kier alpha value is -1.01. The average Bonchev–Trinajstić information content (AvgIpc) is 2.89. The molecule has 0 radical (unpaired) electrons. The third kappa shape index (κ3) is 8.49. The summed E-state index contributed by atoms with van der Waals surface area (Å²) in [5.41, 5.74) is 0. The predicted octanol–water partition coefficient (Wildman–Crippen LogP) is -3.54. The Morgan fingerprint density at radius 2 is 1.49 bits per heavy atom. The molecule has 14 nitrogen and oxygen atoms in total. The lowest BCUT2D eigenvalue weighted by Crippen LogP contribution is -2.65. The lowest BCUT2D eigenvalue weighted by molar-refractivity contribution is -0.359. The summed E-state index contributed by atoms with van der Waals surface area (Å²) in [4.78, 5) is 11.9. The van der Waals surface area contributed by atoms with Crippen molar-refractivity contribution in [1.29, 1.82) is 0 Å². The van der Waals surface area contributed by atoms with Crippen LogP contribution >= 0.6 is 0 Å². The minimum atomic E-state index is -1.77. The Labute approximate surface area is 215 Å². The van der Waals surface area contributed by atoms with Crippen molar-refractivity contribution in [3.63, 3.8) is 0 Å². The van der Waals surface area contributed by atoms with Gasteiger partial charge in [0.25, 0.3) is 0 Å². The summed E-state index contributed by atoms with van der Waals surface area (Å²) >= 11 is 0. The highest BCUT2D eigenvalue weighted by atomic mass is 16.7. The second-order valence-corrected chi connectivity index (χ2v) is 9.43. The summed E-state index contributed by atoms with van der Waals surface area (Å²) in [5, 5.41) is 83.8. The fraction of sp³-hybridized carbons (Fsp3) is 0.957. The van der Waals surface area contributed by atoms with Crippen LogP contribution in [0.5, 0.6) is 0 Å². The molecule has 12 unspecified atom stereocenters. The van der Waals surface area contributed by atoms with Crippen LogP contribution in [-0.2, 0) is 23.7 Å². The number of rotatable bonds is 14. The normalized spacial score (nSPS) is 38.2. The quantitative estimate of drug-likeness (QED) is 0.0972. The van der Waals surface area contributed by atoms with Crippen molar-refractivity contribution in [3.8, 4) is 0 Å². The van der Waals surface area contributed by atoms with Crippen LogP contribution in [0.3, 0.4) is 0 Å². The van der Waals surface area contributed by atoms with E-state index in [1.807, 2.05) is 6.92 Å². The van der Waals surface area contributed by atoms with Crippen LogP contribution in [0.1, 0.15) is 46.0 Å². The zero-order chi connectivity index (χ0) is 27.7. The molecule has 2 heterocycles. The van der Waals surface area contributed by atoms with E-state index in [1.165, 1.54) is 0 Å². The summed E-state index contributed by atoms with van der Waals surface area (Å²) in [6.45, 7) is 2.01. The van der Waals surface area contributed by atoms with Crippen LogP contribution in [0.25, 0.3) is 0 Å². The average molecular weight is 542 g/mol. The van der Waals surface area contributed by atoms with E-state index in [2.05, 4.69) is 5.32 Å². The first-order chi connectivity index (χ1) is 17.6. The third-order valence-electron chi connectivity index (χ3n) is 6.64. The van der Waals surface area contributed by atoms with E-state index < -0.39 is 86.8 Å². The number of carbonyl (C=O) groups excluding carboxylic acids is 1. The molecule has 0 saturated carbocycles. The zero-order valence-electron chi connectivity index (χ0n) is 21.2. The summed E-state index contributed by atoms with van der Waals surface area (Å²) in [5.74, 6) is -0.311. The topological polar surface area (TPSA) is 228 Å². The Kier molecular flexibility index (Phi) is 13.5. The van der Waals surface area contributed by atoms with Crippen molar-refractivity contribution in [3.05, 3.63) is 0 Å². The molecule has 218 valence electrons. The first-order valence-electron chi connectivity index (χ1n) is 12.8. The maximum atomic E-state index is 11.9. The van der Waals surface area contributed by atoms with Crippen molar-refractivity contribution in [2.24, 2.45) is 0 Å². The number of hydrogen-bond acceptors (Lipinski definition) is 13. The van der Waals surface area contributed by atoms with E-state index in [1.54, 1.807) is 6.92 Å². The SMILES string of the molecule is CCCCCC(O)C(COC1OC(CO)C(OC2OC(CO)C(O)C(O)C2O)C(O)C1O)NC(=O)CC. The van der Waals surface area contributed by atoms with Gasteiger partial charge in [-0.3, -0.25) is 4.79 Å². The molecular formula is C23H43NO13. The number of hydrogen-bond donors (Lipinski definition) is 9. The second kappa shape index (κ2) is 15.5. The van der Waals surface area contributed by atoms with Gasteiger partial charge in [0.2, 0.25) is 5.91 Å². The number of carbonyl (C=O) groups is 1. The molecule has 0 aromatic heterocycles. The van der Waals surface area contributed by atoms with Gasteiger partial charge in [0.05, 0.1) is 32.0 Å². The first-order valence-corrected chi connectivity index (χ1v) is 12.8. The smallest absolute Gasteiger partial charge is 0.220 e. The molecule has 2 aliphatic heterocycles.